The Morgan fingerprint density at radius 1 is 0.857 bits per heavy atom. The first-order valence-corrected chi connectivity index (χ1v) is 12.2. The van der Waals surface area contributed by atoms with E-state index in [-0.39, 0.29) is 22.3 Å². The molecular formula is C25H17F2N3O4S. The van der Waals surface area contributed by atoms with Crippen LogP contribution in [0.4, 0.5) is 8.78 Å². The molecule has 0 saturated heterocycles. The first-order valence-electron chi connectivity index (χ1n) is 10.3. The number of nitrogens with zero attached hydrogens (tertiary/aromatic N) is 2. The second-order valence-corrected chi connectivity index (χ2v) is 9.61. The fourth-order valence-corrected chi connectivity index (χ4v) is 4.02. The summed E-state index contributed by atoms with van der Waals surface area (Å²) in [7, 11) is -3.46. The summed E-state index contributed by atoms with van der Waals surface area (Å²) in [6.07, 6.45) is 3.98. The van der Waals surface area contributed by atoms with Crippen LogP contribution in [-0.2, 0) is 9.84 Å². The molecule has 5 rings (SSSR count). The summed E-state index contributed by atoms with van der Waals surface area (Å²) in [6.45, 7) is 0. The third-order valence-corrected chi connectivity index (χ3v) is 6.06. The highest BCUT2D eigenvalue weighted by Crippen LogP contribution is 2.38. The summed E-state index contributed by atoms with van der Waals surface area (Å²) in [5.74, 6) is -1.61. The largest absolute Gasteiger partial charge is 0.456 e. The fourth-order valence-electron chi connectivity index (χ4n) is 3.46. The summed E-state index contributed by atoms with van der Waals surface area (Å²) in [4.78, 5) is 11.4. The molecule has 0 saturated carbocycles. The van der Waals surface area contributed by atoms with E-state index >= 15 is 0 Å². The summed E-state index contributed by atoms with van der Waals surface area (Å²) >= 11 is 0. The number of sulfone groups is 1. The Bertz CT molecular complexity index is 1620. The van der Waals surface area contributed by atoms with E-state index in [1.54, 1.807) is 24.4 Å². The average molecular weight is 493 g/mol. The van der Waals surface area contributed by atoms with Gasteiger partial charge < -0.3 is 14.5 Å². The van der Waals surface area contributed by atoms with Crippen LogP contribution in [0.5, 0.6) is 23.0 Å². The third kappa shape index (κ3) is 4.69. The van der Waals surface area contributed by atoms with E-state index in [2.05, 4.69) is 15.0 Å². The lowest BCUT2D eigenvalue weighted by molar-refractivity contribution is 0.406. The zero-order valence-electron chi connectivity index (χ0n) is 18.2. The molecule has 0 amide bonds. The molecule has 7 nitrogen and oxygen atoms in total. The fraction of sp³-hybridized carbons (Fsp3) is 0.0400. The number of ether oxygens (including phenoxy) is 2. The lowest BCUT2D eigenvalue weighted by Gasteiger charge is -2.12. The van der Waals surface area contributed by atoms with Gasteiger partial charge in [-0.15, -0.1) is 0 Å². The van der Waals surface area contributed by atoms with Crippen molar-refractivity contribution in [2.75, 3.05) is 6.26 Å². The lowest BCUT2D eigenvalue weighted by Crippen LogP contribution is -2.00. The maximum Gasteiger partial charge on any atom is 0.198 e. The summed E-state index contributed by atoms with van der Waals surface area (Å²) in [6, 6.07) is 16.6. The van der Waals surface area contributed by atoms with E-state index in [1.165, 1.54) is 30.5 Å². The van der Waals surface area contributed by atoms with Gasteiger partial charge in [0.15, 0.2) is 38.0 Å². The number of para-hydroxylation sites is 1. The van der Waals surface area contributed by atoms with E-state index in [1.807, 2.05) is 12.1 Å². The molecule has 0 aliphatic heterocycles. The number of nitrogens with one attached hydrogen (secondary N) is 1. The van der Waals surface area contributed by atoms with Gasteiger partial charge in [0.1, 0.15) is 11.5 Å². The van der Waals surface area contributed by atoms with Crippen molar-refractivity contribution in [2.24, 2.45) is 0 Å². The molecule has 2 aromatic carbocycles. The summed E-state index contributed by atoms with van der Waals surface area (Å²) in [5.41, 5.74) is 1.80. The second-order valence-electron chi connectivity index (χ2n) is 7.64. The van der Waals surface area contributed by atoms with Crippen molar-refractivity contribution < 1.29 is 26.7 Å². The molecule has 1 N–H and O–H groups in total. The van der Waals surface area contributed by atoms with Crippen molar-refractivity contribution in [3.8, 4) is 34.4 Å². The second kappa shape index (κ2) is 8.80. The van der Waals surface area contributed by atoms with E-state index in [0.717, 1.165) is 18.4 Å². The van der Waals surface area contributed by atoms with Crippen LogP contribution in [0.3, 0.4) is 0 Å². The standard InChI is InChI=1S/C25H17F2N3O4S/c1-35(31,32)23-9-8-16(14-29-23)33-17-11-15-12-21(20-7-2-3-10-28-20)30-24(15)22(13-17)34-25-18(26)5-4-6-19(25)27/h2-14,30H,1H3. The number of aromatic amines is 1. The Labute approximate surface area is 198 Å². The zero-order chi connectivity index (χ0) is 24.6. The molecule has 0 unspecified atom stereocenters. The molecule has 0 radical (unpaired) electrons. The molecule has 0 spiro atoms. The first-order chi connectivity index (χ1) is 16.8. The van der Waals surface area contributed by atoms with Gasteiger partial charge >= 0.3 is 0 Å². The molecular weight excluding hydrogens is 476 g/mol. The molecule has 0 bridgehead atoms. The lowest BCUT2D eigenvalue weighted by atomic mass is 10.2. The summed E-state index contributed by atoms with van der Waals surface area (Å²) < 4.78 is 63.5. The zero-order valence-corrected chi connectivity index (χ0v) is 19.0. The van der Waals surface area contributed by atoms with Gasteiger partial charge in [0, 0.05) is 23.9 Å². The number of halogens is 2. The smallest absolute Gasteiger partial charge is 0.198 e. The molecule has 35 heavy (non-hydrogen) atoms. The first kappa shape index (κ1) is 22.5. The van der Waals surface area contributed by atoms with Crippen LogP contribution < -0.4 is 9.47 Å². The van der Waals surface area contributed by atoms with Gasteiger partial charge in [-0.1, -0.05) is 12.1 Å². The Morgan fingerprint density at radius 3 is 2.31 bits per heavy atom. The van der Waals surface area contributed by atoms with Crippen LogP contribution in [-0.4, -0.2) is 29.6 Å². The molecule has 176 valence electrons. The quantitative estimate of drug-likeness (QED) is 0.317. The number of rotatable bonds is 6. The number of benzene rings is 2. The van der Waals surface area contributed by atoms with Crippen LogP contribution in [0.2, 0.25) is 0 Å². The monoisotopic (exact) mass is 493 g/mol. The molecule has 0 fully saturated rings. The van der Waals surface area contributed by atoms with Crippen LogP contribution in [0.25, 0.3) is 22.3 Å². The minimum atomic E-state index is -3.46. The maximum absolute atomic E-state index is 14.3. The van der Waals surface area contributed by atoms with E-state index < -0.39 is 27.2 Å². The topological polar surface area (TPSA) is 94.2 Å². The van der Waals surface area contributed by atoms with Crippen molar-refractivity contribution in [3.05, 3.63) is 90.8 Å². The highest BCUT2D eigenvalue weighted by Gasteiger charge is 2.17. The van der Waals surface area contributed by atoms with Crippen molar-refractivity contribution in [1.29, 1.82) is 0 Å². The number of pyridine rings is 2. The van der Waals surface area contributed by atoms with Crippen LogP contribution in [0, 0.1) is 11.6 Å². The Hall–Kier alpha value is -4.31. The molecule has 0 aliphatic carbocycles. The molecule has 5 aromatic rings. The van der Waals surface area contributed by atoms with Crippen molar-refractivity contribution in [2.45, 2.75) is 5.03 Å². The highest BCUT2D eigenvalue weighted by molar-refractivity contribution is 7.90. The van der Waals surface area contributed by atoms with Crippen molar-refractivity contribution in [3.63, 3.8) is 0 Å². The van der Waals surface area contributed by atoms with Crippen LogP contribution in [0.1, 0.15) is 0 Å². The van der Waals surface area contributed by atoms with Gasteiger partial charge in [0.25, 0.3) is 0 Å². The minimum Gasteiger partial charge on any atom is -0.456 e. The molecule has 3 heterocycles. The SMILES string of the molecule is CS(=O)(=O)c1ccc(Oc2cc(Oc3c(F)cccc3F)c3[nH]c(-c4ccccn4)cc3c2)cn1. The highest BCUT2D eigenvalue weighted by atomic mass is 32.2. The number of hydrogen-bond donors (Lipinski definition) is 1. The average Bonchev–Trinajstić information content (AvgIpc) is 3.26. The van der Waals surface area contributed by atoms with Gasteiger partial charge in [-0.25, -0.2) is 22.2 Å². The number of hydrogen-bond acceptors (Lipinski definition) is 6. The van der Waals surface area contributed by atoms with Gasteiger partial charge in [-0.3, -0.25) is 4.98 Å². The van der Waals surface area contributed by atoms with Gasteiger partial charge in [-0.05, 0) is 48.5 Å². The van der Waals surface area contributed by atoms with Crippen LogP contribution in [0.15, 0.2) is 84.1 Å². The third-order valence-electron chi connectivity index (χ3n) is 5.06. The number of aromatic nitrogens is 3. The van der Waals surface area contributed by atoms with E-state index in [0.29, 0.717) is 22.3 Å². The van der Waals surface area contributed by atoms with Gasteiger partial charge in [-0.2, -0.15) is 0 Å². The van der Waals surface area contributed by atoms with Crippen molar-refractivity contribution in [1.82, 2.24) is 15.0 Å². The predicted octanol–water partition coefficient (Wildman–Crippen LogP) is 5.89. The Balaban J connectivity index is 1.59. The van der Waals surface area contributed by atoms with E-state index in [4.69, 9.17) is 9.47 Å². The van der Waals surface area contributed by atoms with Gasteiger partial charge in [0.2, 0.25) is 0 Å². The number of fused-ring (bicyclic) bond motifs is 1. The Morgan fingerprint density at radius 2 is 1.66 bits per heavy atom. The molecule has 0 atom stereocenters. The predicted molar refractivity (Wildman–Crippen MR) is 125 cm³/mol. The molecule has 10 heteroatoms. The van der Waals surface area contributed by atoms with E-state index in [9.17, 15) is 17.2 Å². The van der Waals surface area contributed by atoms with Crippen molar-refractivity contribution >= 4 is 20.7 Å². The maximum atomic E-state index is 14.3. The number of H-pyrrole nitrogens is 1. The summed E-state index contributed by atoms with van der Waals surface area (Å²) in [5, 5.41) is 0.542. The molecule has 0 aliphatic rings. The minimum absolute atomic E-state index is 0.0926. The Kier molecular flexibility index (Phi) is 5.65. The normalized spacial score (nSPS) is 11.5. The van der Waals surface area contributed by atoms with Crippen LogP contribution >= 0.6 is 0 Å². The van der Waals surface area contributed by atoms with Gasteiger partial charge in [0.05, 0.1) is 23.1 Å². The molecule has 3 aromatic heterocycles.